The minimum absolute atomic E-state index is 0.0515. The van der Waals surface area contributed by atoms with Crippen molar-refractivity contribution in [2.24, 2.45) is 0 Å². The molecular weight excluding hydrogens is 302 g/mol. The molecule has 0 spiro atoms. The number of carbonyl (C=O) groups excluding carboxylic acids is 1. The van der Waals surface area contributed by atoms with Crippen LogP contribution in [0.5, 0.6) is 0 Å². The van der Waals surface area contributed by atoms with E-state index in [1.807, 2.05) is 23.5 Å². The first kappa shape index (κ1) is 14.0. The lowest BCUT2D eigenvalue weighted by atomic mass is 10.0. The van der Waals surface area contributed by atoms with Crippen LogP contribution in [0.1, 0.15) is 6.92 Å². The minimum atomic E-state index is -0.0515. The number of carbonyl (C=O) groups is 1. The molecule has 0 saturated carbocycles. The summed E-state index contributed by atoms with van der Waals surface area (Å²) in [6.45, 7) is 1.52. The normalized spacial score (nSPS) is 11.0. The highest BCUT2D eigenvalue weighted by Crippen LogP contribution is 2.39. The molecule has 0 saturated heterocycles. The van der Waals surface area contributed by atoms with E-state index in [-0.39, 0.29) is 5.91 Å². The van der Waals surface area contributed by atoms with Crippen molar-refractivity contribution >= 4 is 43.1 Å². The minimum Gasteiger partial charge on any atom is -0.326 e. The first-order chi connectivity index (χ1) is 11.2. The molecule has 3 heteroatoms. The van der Waals surface area contributed by atoms with Gasteiger partial charge in [0.05, 0.1) is 0 Å². The van der Waals surface area contributed by atoms with Crippen molar-refractivity contribution in [1.82, 2.24) is 0 Å². The summed E-state index contributed by atoms with van der Waals surface area (Å²) in [5.74, 6) is -0.0515. The number of benzene rings is 3. The number of nitrogens with one attached hydrogen (secondary N) is 1. The van der Waals surface area contributed by atoms with Gasteiger partial charge in [0.25, 0.3) is 0 Å². The Morgan fingerprint density at radius 1 is 0.870 bits per heavy atom. The average molecular weight is 317 g/mol. The van der Waals surface area contributed by atoms with E-state index in [1.54, 1.807) is 0 Å². The molecule has 0 aliphatic heterocycles. The molecule has 23 heavy (non-hydrogen) atoms. The molecule has 0 atom stereocenters. The predicted molar refractivity (Wildman–Crippen MR) is 99.1 cm³/mol. The Hall–Kier alpha value is -2.65. The van der Waals surface area contributed by atoms with Crippen LogP contribution in [0.4, 0.5) is 5.69 Å². The third-order valence-electron chi connectivity index (χ3n) is 3.92. The van der Waals surface area contributed by atoms with Crippen LogP contribution in [-0.2, 0) is 4.79 Å². The number of thiophene rings is 1. The van der Waals surface area contributed by atoms with Gasteiger partial charge in [-0.1, -0.05) is 48.5 Å². The van der Waals surface area contributed by atoms with Crippen LogP contribution in [-0.4, -0.2) is 5.91 Å². The van der Waals surface area contributed by atoms with Crippen LogP contribution >= 0.6 is 11.3 Å². The third-order valence-corrected chi connectivity index (χ3v) is 5.14. The highest BCUT2D eigenvalue weighted by molar-refractivity contribution is 7.26. The van der Waals surface area contributed by atoms with E-state index in [1.165, 1.54) is 32.7 Å². The Labute approximate surface area is 138 Å². The van der Waals surface area contributed by atoms with Crippen molar-refractivity contribution in [2.75, 3.05) is 5.32 Å². The molecule has 0 aliphatic carbocycles. The van der Waals surface area contributed by atoms with E-state index in [0.29, 0.717) is 0 Å². The number of anilines is 1. The van der Waals surface area contributed by atoms with Gasteiger partial charge in [-0.2, -0.15) is 0 Å². The van der Waals surface area contributed by atoms with E-state index in [2.05, 4.69) is 59.9 Å². The van der Waals surface area contributed by atoms with Crippen molar-refractivity contribution in [3.63, 3.8) is 0 Å². The lowest BCUT2D eigenvalue weighted by Gasteiger charge is -2.06. The second-order valence-electron chi connectivity index (χ2n) is 5.54. The zero-order valence-corrected chi connectivity index (χ0v) is 13.5. The van der Waals surface area contributed by atoms with Crippen LogP contribution in [0.25, 0.3) is 31.3 Å². The van der Waals surface area contributed by atoms with Crippen LogP contribution in [0.15, 0.2) is 66.7 Å². The fourth-order valence-corrected chi connectivity index (χ4v) is 4.15. The van der Waals surface area contributed by atoms with Gasteiger partial charge in [0.1, 0.15) is 0 Å². The SMILES string of the molecule is CC(=O)Nc1ccc(-c2cccc3c2sc2ccccc23)cc1. The van der Waals surface area contributed by atoms with Gasteiger partial charge in [0, 0.05) is 32.8 Å². The summed E-state index contributed by atoms with van der Waals surface area (Å²) in [5.41, 5.74) is 3.22. The van der Waals surface area contributed by atoms with Crippen LogP contribution in [0.3, 0.4) is 0 Å². The second kappa shape index (κ2) is 5.52. The summed E-state index contributed by atoms with van der Waals surface area (Å²) < 4.78 is 2.62. The van der Waals surface area contributed by atoms with Crippen molar-refractivity contribution in [3.8, 4) is 11.1 Å². The second-order valence-corrected chi connectivity index (χ2v) is 6.59. The standard InChI is InChI=1S/C20H15NOS/c1-13(22)21-15-11-9-14(10-12-15)16-6-4-7-18-17-5-2-3-8-19(17)23-20(16)18/h2-12H,1H3,(H,21,22). The quantitative estimate of drug-likeness (QED) is 0.506. The number of rotatable bonds is 2. The summed E-state index contributed by atoms with van der Waals surface area (Å²) in [6, 6.07) is 23.0. The Bertz CT molecular complexity index is 1010. The van der Waals surface area contributed by atoms with E-state index in [4.69, 9.17) is 0 Å². The van der Waals surface area contributed by atoms with Gasteiger partial charge >= 0.3 is 0 Å². The maximum atomic E-state index is 11.1. The highest BCUT2D eigenvalue weighted by atomic mass is 32.1. The van der Waals surface area contributed by atoms with Gasteiger partial charge in [-0.25, -0.2) is 0 Å². The van der Waals surface area contributed by atoms with Crippen LogP contribution in [0.2, 0.25) is 0 Å². The fourth-order valence-electron chi connectivity index (χ4n) is 2.91. The molecule has 1 N–H and O–H groups in total. The summed E-state index contributed by atoms with van der Waals surface area (Å²) in [4.78, 5) is 11.1. The van der Waals surface area contributed by atoms with Crippen molar-refractivity contribution < 1.29 is 4.79 Å². The van der Waals surface area contributed by atoms with Crippen molar-refractivity contribution in [2.45, 2.75) is 6.92 Å². The fraction of sp³-hybridized carbons (Fsp3) is 0.0500. The maximum Gasteiger partial charge on any atom is 0.221 e. The van der Waals surface area contributed by atoms with Gasteiger partial charge in [0.15, 0.2) is 0 Å². The number of hydrogen-bond donors (Lipinski definition) is 1. The molecule has 4 rings (SSSR count). The summed E-state index contributed by atoms with van der Waals surface area (Å²) in [5, 5.41) is 5.42. The largest absolute Gasteiger partial charge is 0.326 e. The Morgan fingerprint density at radius 3 is 2.39 bits per heavy atom. The summed E-state index contributed by atoms with van der Waals surface area (Å²) in [7, 11) is 0. The average Bonchev–Trinajstić information content (AvgIpc) is 2.94. The molecule has 3 aromatic carbocycles. The lowest BCUT2D eigenvalue weighted by Crippen LogP contribution is -2.05. The van der Waals surface area contributed by atoms with Crippen molar-refractivity contribution in [3.05, 3.63) is 66.7 Å². The highest BCUT2D eigenvalue weighted by Gasteiger charge is 2.09. The first-order valence-corrected chi connectivity index (χ1v) is 8.32. The van der Waals surface area contributed by atoms with Gasteiger partial charge in [-0.05, 0) is 29.3 Å². The molecule has 0 radical (unpaired) electrons. The zero-order chi connectivity index (χ0) is 15.8. The molecule has 2 nitrogen and oxygen atoms in total. The smallest absolute Gasteiger partial charge is 0.221 e. The zero-order valence-electron chi connectivity index (χ0n) is 12.7. The molecular formula is C20H15NOS. The predicted octanol–water partition coefficient (Wildman–Crippen LogP) is 5.68. The Morgan fingerprint density at radius 2 is 1.61 bits per heavy atom. The maximum absolute atomic E-state index is 11.1. The third kappa shape index (κ3) is 2.49. The molecule has 0 bridgehead atoms. The molecule has 0 fully saturated rings. The van der Waals surface area contributed by atoms with E-state index < -0.39 is 0 Å². The monoisotopic (exact) mass is 317 g/mol. The molecule has 1 aromatic heterocycles. The molecule has 112 valence electrons. The van der Waals surface area contributed by atoms with Gasteiger partial charge in [0.2, 0.25) is 5.91 Å². The number of hydrogen-bond acceptors (Lipinski definition) is 2. The topological polar surface area (TPSA) is 29.1 Å². The lowest BCUT2D eigenvalue weighted by molar-refractivity contribution is -0.114. The molecule has 1 amide bonds. The van der Waals surface area contributed by atoms with Gasteiger partial charge in [-0.3, -0.25) is 4.79 Å². The van der Waals surface area contributed by atoms with E-state index >= 15 is 0 Å². The number of amides is 1. The van der Waals surface area contributed by atoms with Gasteiger partial charge < -0.3 is 5.32 Å². The number of fused-ring (bicyclic) bond motifs is 3. The summed E-state index contributed by atoms with van der Waals surface area (Å²) in [6.07, 6.45) is 0. The molecule has 0 aliphatic rings. The Kier molecular flexibility index (Phi) is 3.36. The van der Waals surface area contributed by atoms with Gasteiger partial charge in [-0.15, -0.1) is 11.3 Å². The van der Waals surface area contributed by atoms with E-state index in [0.717, 1.165) is 11.3 Å². The van der Waals surface area contributed by atoms with Crippen molar-refractivity contribution in [1.29, 1.82) is 0 Å². The van der Waals surface area contributed by atoms with Crippen LogP contribution < -0.4 is 5.32 Å². The van der Waals surface area contributed by atoms with Crippen LogP contribution in [0, 0.1) is 0 Å². The first-order valence-electron chi connectivity index (χ1n) is 7.51. The Balaban J connectivity index is 1.86. The summed E-state index contributed by atoms with van der Waals surface area (Å²) >= 11 is 1.83. The van der Waals surface area contributed by atoms with E-state index in [9.17, 15) is 4.79 Å². The molecule has 4 aromatic rings. The molecule has 0 unspecified atom stereocenters. The molecule has 1 heterocycles.